The summed E-state index contributed by atoms with van der Waals surface area (Å²) in [6, 6.07) is 8.03. The quantitative estimate of drug-likeness (QED) is 0.922. The molecule has 104 valence electrons. The van der Waals surface area contributed by atoms with E-state index in [1.54, 1.807) is 24.3 Å². The van der Waals surface area contributed by atoms with Gasteiger partial charge in [0.15, 0.2) is 0 Å². The van der Waals surface area contributed by atoms with Crippen LogP contribution in [0.4, 0.5) is 0 Å². The van der Waals surface area contributed by atoms with Crippen LogP contribution in [0.2, 0.25) is 0 Å². The Hall–Kier alpha value is -2.08. The number of carboxylic acid groups (broad SMARTS) is 1. The van der Waals surface area contributed by atoms with Gasteiger partial charge in [-0.3, -0.25) is 0 Å². The molecule has 0 amide bonds. The van der Waals surface area contributed by atoms with E-state index < -0.39 is 5.97 Å². The van der Waals surface area contributed by atoms with Crippen LogP contribution in [0.15, 0.2) is 34.8 Å². The third kappa shape index (κ3) is 3.08. The molecule has 0 unspecified atom stereocenters. The normalized spacial score (nSPS) is 10.2. The number of ether oxygens (including phenoxy) is 2. The molecule has 0 bridgehead atoms. The van der Waals surface area contributed by atoms with Crippen LogP contribution in [-0.4, -0.2) is 23.2 Å². The van der Waals surface area contributed by atoms with E-state index in [0.29, 0.717) is 11.6 Å². The molecule has 6 heteroatoms. The lowest BCUT2D eigenvalue weighted by Crippen LogP contribution is -2.01. The van der Waals surface area contributed by atoms with Gasteiger partial charge in [-0.2, -0.15) is 0 Å². The number of aryl methyl sites for hydroxylation is 1. The summed E-state index contributed by atoms with van der Waals surface area (Å²) in [6.45, 7) is 1.82. The average Bonchev–Trinajstić information content (AvgIpc) is 2.43. The predicted molar refractivity (Wildman–Crippen MR) is 76.7 cm³/mol. The van der Waals surface area contributed by atoms with Crippen molar-refractivity contribution < 1.29 is 19.4 Å². The Morgan fingerprint density at radius 1 is 1.30 bits per heavy atom. The van der Waals surface area contributed by atoms with Gasteiger partial charge >= 0.3 is 5.97 Å². The van der Waals surface area contributed by atoms with Crippen molar-refractivity contribution in [3.63, 3.8) is 0 Å². The minimum Gasteiger partial charge on any atom is -0.497 e. The lowest BCUT2D eigenvalue weighted by molar-refractivity contribution is 0.0693. The minimum atomic E-state index is -1.09. The van der Waals surface area contributed by atoms with Crippen molar-refractivity contribution in [2.45, 2.75) is 6.92 Å². The Labute approximate surface area is 124 Å². The first kappa shape index (κ1) is 14.3. The molecule has 0 aliphatic heterocycles. The molecule has 20 heavy (non-hydrogen) atoms. The molecule has 1 aromatic heterocycles. The van der Waals surface area contributed by atoms with Crippen LogP contribution in [0.3, 0.4) is 0 Å². The summed E-state index contributed by atoms with van der Waals surface area (Å²) >= 11 is 3.34. The van der Waals surface area contributed by atoms with Crippen molar-refractivity contribution in [2.75, 3.05) is 7.11 Å². The Morgan fingerprint density at radius 2 is 2.05 bits per heavy atom. The molecule has 0 spiro atoms. The number of carboxylic acids is 1. The van der Waals surface area contributed by atoms with Crippen molar-refractivity contribution in [2.24, 2.45) is 0 Å². The molecule has 0 fully saturated rings. The summed E-state index contributed by atoms with van der Waals surface area (Å²) < 4.78 is 11.4. The Balaban J connectivity index is 2.37. The van der Waals surface area contributed by atoms with Gasteiger partial charge in [0.25, 0.3) is 0 Å². The second kappa shape index (κ2) is 5.92. The molecule has 0 atom stereocenters. The van der Waals surface area contributed by atoms with E-state index in [1.807, 2.05) is 6.92 Å². The highest BCUT2D eigenvalue weighted by Gasteiger charge is 2.14. The van der Waals surface area contributed by atoms with Gasteiger partial charge in [0.2, 0.25) is 5.88 Å². The van der Waals surface area contributed by atoms with Crippen molar-refractivity contribution in [3.8, 4) is 17.4 Å². The molecular formula is C14H12BrNO4. The minimum absolute atomic E-state index is 0.0201. The number of carbonyl (C=O) groups is 1. The predicted octanol–water partition coefficient (Wildman–Crippen LogP) is 3.65. The zero-order valence-electron chi connectivity index (χ0n) is 10.9. The third-order valence-corrected chi connectivity index (χ3v) is 3.47. The van der Waals surface area contributed by atoms with E-state index in [-0.39, 0.29) is 11.3 Å². The molecule has 0 saturated heterocycles. The lowest BCUT2D eigenvalue weighted by Gasteiger charge is -2.10. The van der Waals surface area contributed by atoms with E-state index in [1.165, 1.54) is 13.2 Å². The van der Waals surface area contributed by atoms with Crippen molar-refractivity contribution >= 4 is 21.9 Å². The van der Waals surface area contributed by atoms with Crippen LogP contribution in [0, 0.1) is 6.92 Å². The van der Waals surface area contributed by atoms with Gasteiger partial charge in [0.1, 0.15) is 17.1 Å². The third-order valence-electron chi connectivity index (χ3n) is 2.63. The van der Waals surface area contributed by atoms with Gasteiger partial charge in [0.05, 0.1) is 12.8 Å². The molecule has 0 radical (unpaired) electrons. The summed E-state index contributed by atoms with van der Waals surface area (Å²) in [5.41, 5.74) is 0.777. The van der Waals surface area contributed by atoms with Crippen LogP contribution >= 0.6 is 15.9 Å². The Kier molecular flexibility index (Phi) is 4.24. The fourth-order valence-corrected chi connectivity index (χ4v) is 1.80. The number of aromatic nitrogens is 1. The first-order chi connectivity index (χ1) is 9.51. The number of hydrogen-bond donors (Lipinski definition) is 1. The van der Waals surface area contributed by atoms with E-state index >= 15 is 0 Å². The van der Waals surface area contributed by atoms with Gasteiger partial charge in [0, 0.05) is 10.5 Å². The summed E-state index contributed by atoms with van der Waals surface area (Å²) in [6.07, 6.45) is 0. The number of rotatable bonds is 4. The molecule has 1 aromatic carbocycles. The van der Waals surface area contributed by atoms with Crippen molar-refractivity contribution in [1.29, 1.82) is 0 Å². The first-order valence-electron chi connectivity index (χ1n) is 5.73. The standard InChI is InChI=1S/C14H12BrNO4/c1-8-11(15)4-6-13(16-8)20-12-5-3-9(19-2)7-10(12)14(17)18/h3-7H,1-2H3,(H,17,18). The number of methoxy groups -OCH3 is 1. The fraction of sp³-hybridized carbons (Fsp3) is 0.143. The van der Waals surface area contributed by atoms with Crippen LogP contribution in [0.5, 0.6) is 17.4 Å². The highest BCUT2D eigenvalue weighted by molar-refractivity contribution is 9.10. The van der Waals surface area contributed by atoms with Crippen LogP contribution in [-0.2, 0) is 0 Å². The van der Waals surface area contributed by atoms with Gasteiger partial charge in [-0.25, -0.2) is 9.78 Å². The largest absolute Gasteiger partial charge is 0.497 e. The number of benzene rings is 1. The number of halogens is 1. The van der Waals surface area contributed by atoms with E-state index in [4.69, 9.17) is 9.47 Å². The van der Waals surface area contributed by atoms with Gasteiger partial charge in [-0.15, -0.1) is 0 Å². The molecular weight excluding hydrogens is 326 g/mol. The molecule has 2 aromatic rings. The maximum Gasteiger partial charge on any atom is 0.339 e. The van der Waals surface area contributed by atoms with Gasteiger partial charge < -0.3 is 14.6 Å². The molecule has 5 nitrogen and oxygen atoms in total. The molecule has 1 heterocycles. The van der Waals surface area contributed by atoms with Crippen LogP contribution in [0.1, 0.15) is 16.1 Å². The highest BCUT2D eigenvalue weighted by Crippen LogP contribution is 2.29. The smallest absolute Gasteiger partial charge is 0.339 e. The fourth-order valence-electron chi connectivity index (χ4n) is 1.58. The zero-order chi connectivity index (χ0) is 14.7. The maximum absolute atomic E-state index is 11.2. The summed E-state index contributed by atoms with van der Waals surface area (Å²) in [5, 5.41) is 9.20. The van der Waals surface area contributed by atoms with E-state index in [2.05, 4.69) is 20.9 Å². The summed E-state index contributed by atoms with van der Waals surface area (Å²) in [4.78, 5) is 15.5. The molecule has 1 N–H and O–H groups in total. The number of aromatic carboxylic acids is 1. The molecule has 2 rings (SSSR count). The highest BCUT2D eigenvalue weighted by atomic mass is 79.9. The van der Waals surface area contributed by atoms with E-state index in [9.17, 15) is 9.90 Å². The second-order valence-electron chi connectivity index (χ2n) is 3.99. The van der Waals surface area contributed by atoms with Gasteiger partial charge in [-0.05, 0) is 47.1 Å². The Bertz CT molecular complexity index is 658. The number of pyridine rings is 1. The molecule has 0 aliphatic rings. The first-order valence-corrected chi connectivity index (χ1v) is 6.53. The van der Waals surface area contributed by atoms with Crippen molar-refractivity contribution in [3.05, 3.63) is 46.1 Å². The van der Waals surface area contributed by atoms with Crippen LogP contribution < -0.4 is 9.47 Å². The molecule has 0 aliphatic carbocycles. The van der Waals surface area contributed by atoms with Crippen molar-refractivity contribution in [1.82, 2.24) is 4.98 Å². The average molecular weight is 338 g/mol. The second-order valence-corrected chi connectivity index (χ2v) is 4.84. The SMILES string of the molecule is COc1ccc(Oc2ccc(Br)c(C)n2)c(C(=O)O)c1. The number of hydrogen-bond acceptors (Lipinski definition) is 4. The monoisotopic (exact) mass is 337 g/mol. The topological polar surface area (TPSA) is 68.7 Å². The van der Waals surface area contributed by atoms with Gasteiger partial charge in [-0.1, -0.05) is 0 Å². The van der Waals surface area contributed by atoms with E-state index in [0.717, 1.165) is 10.2 Å². The summed E-state index contributed by atoms with van der Waals surface area (Å²) in [7, 11) is 1.47. The Morgan fingerprint density at radius 3 is 2.65 bits per heavy atom. The maximum atomic E-state index is 11.2. The summed E-state index contributed by atoms with van der Waals surface area (Å²) in [5.74, 6) is -0.0895. The number of nitrogens with zero attached hydrogens (tertiary/aromatic N) is 1. The zero-order valence-corrected chi connectivity index (χ0v) is 12.5. The lowest BCUT2D eigenvalue weighted by atomic mass is 10.2. The van der Waals surface area contributed by atoms with Crippen LogP contribution in [0.25, 0.3) is 0 Å². The molecule has 0 saturated carbocycles.